The molecule has 9 nitrogen and oxygen atoms in total. The maximum absolute atomic E-state index is 12.9. The average molecular weight is 494 g/mol. The van der Waals surface area contributed by atoms with Crippen molar-refractivity contribution in [3.05, 3.63) is 64.9 Å². The number of nitrogens with one attached hydrogen (secondary N) is 3. The Kier molecular flexibility index (Phi) is 7.19. The van der Waals surface area contributed by atoms with Crippen molar-refractivity contribution in [2.75, 3.05) is 6.54 Å². The van der Waals surface area contributed by atoms with Crippen LogP contribution in [0.3, 0.4) is 0 Å². The minimum Gasteiger partial charge on any atom is -0.489 e. The number of benzene rings is 2. The van der Waals surface area contributed by atoms with Crippen LogP contribution in [0.15, 0.2) is 46.9 Å². The van der Waals surface area contributed by atoms with Crippen LogP contribution in [0.4, 0.5) is 4.79 Å². The van der Waals surface area contributed by atoms with Crippen molar-refractivity contribution in [1.29, 1.82) is 0 Å². The Morgan fingerprint density at radius 2 is 1.92 bits per heavy atom. The van der Waals surface area contributed by atoms with Gasteiger partial charge in [-0.25, -0.2) is 4.79 Å². The predicted molar refractivity (Wildman–Crippen MR) is 134 cm³/mol. The van der Waals surface area contributed by atoms with Gasteiger partial charge in [0.1, 0.15) is 35.3 Å². The summed E-state index contributed by atoms with van der Waals surface area (Å²) in [4.78, 5) is 36.7. The molecule has 2 aromatic carbocycles. The standard InChI is InChI=1S/C27H31N3O6/c1-16-23(25(32)30-21-10-11-28-24(21)31)20-13-19(8-9-22(20)35-16)34-15-18-7-5-6-17(12-18)14-29-26(33)36-27(2,3)4/h5-9,12-13,21H,10-11,14-15H2,1-4H3,(H,28,31)(H,29,33)(H,30,32). The summed E-state index contributed by atoms with van der Waals surface area (Å²) in [5, 5.41) is 8.88. The fourth-order valence-corrected chi connectivity index (χ4v) is 4.02. The van der Waals surface area contributed by atoms with Crippen LogP contribution in [0.25, 0.3) is 11.0 Å². The third kappa shape index (κ3) is 6.16. The van der Waals surface area contributed by atoms with Crippen molar-refractivity contribution >= 4 is 28.9 Å². The van der Waals surface area contributed by atoms with Gasteiger partial charge in [-0.3, -0.25) is 9.59 Å². The van der Waals surface area contributed by atoms with E-state index in [9.17, 15) is 14.4 Å². The molecule has 1 unspecified atom stereocenters. The minimum absolute atomic E-state index is 0.179. The number of hydrogen-bond acceptors (Lipinski definition) is 6. The molecule has 3 amide bonds. The molecule has 0 bridgehead atoms. The molecule has 36 heavy (non-hydrogen) atoms. The number of rotatable bonds is 7. The van der Waals surface area contributed by atoms with Gasteiger partial charge in [0.25, 0.3) is 5.91 Å². The maximum atomic E-state index is 12.9. The largest absolute Gasteiger partial charge is 0.489 e. The summed E-state index contributed by atoms with van der Waals surface area (Å²) in [7, 11) is 0. The van der Waals surface area contributed by atoms with Crippen LogP contribution in [0.1, 0.15) is 54.4 Å². The Balaban J connectivity index is 1.42. The van der Waals surface area contributed by atoms with E-state index in [4.69, 9.17) is 13.9 Å². The maximum Gasteiger partial charge on any atom is 0.407 e. The molecule has 2 heterocycles. The number of aryl methyl sites for hydroxylation is 1. The lowest BCUT2D eigenvalue weighted by atomic mass is 10.1. The first-order valence-electron chi connectivity index (χ1n) is 11.9. The van der Waals surface area contributed by atoms with Gasteiger partial charge in [0.05, 0.1) is 5.56 Å². The van der Waals surface area contributed by atoms with E-state index in [1.165, 1.54) is 0 Å². The summed E-state index contributed by atoms with van der Waals surface area (Å²) in [6.45, 7) is 8.35. The van der Waals surface area contributed by atoms with Gasteiger partial charge in [-0.15, -0.1) is 0 Å². The Labute approximate surface area is 209 Å². The highest BCUT2D eigenvalue weighted by Gasteiger charge is 2.28. The Morgan fingerprint density at radius 3 is 2.64 bits per heavy atom. The van der Waals surface area contributed by atoms with Crippen molar-refractivity contribution in [3.63, 3.8) is 0 Å². The number of ether oxygens (including phenoxy) is 2. The second kappa shape index (κ2) is 10.3. The zero-order valence-electron chi connectivity index (χ0n) is 20.9. The SMILES string of the molecule is Cc1oc2ccc(OCc3cccc(CNC(=O)OC(C)(C)C)c3)cc2c1C(=O)NC1CCNC1=O. The van der Waals surface area contributed by atoms with Crippen molar-refractivity contribution < 1.29 is 28.3 Å². The number of carbonyl (C=O) groups excluding carboxylic acids is 3. The normalized spacial score (nSPS) is 15.4. The third-order valence-electron chi connectivity index (χ3n) is 5.65. The molecule has 1 saturated heterocycles. The molecule has 1 fully saturated rings. The molecular weight excluding hydrogens is 462 g/mol. The first-order chi connectivity index (χ1) is 17.1. The number of fused-ring (bicyclic) bond motifs is 1. The topological polar surface area (TPSA) is 119 Å². The van der Waals surface area contributed by atoms with Gasteiger partial charge >= 0.3 is 6.09 Å². The van der Waals surface area contributed by atoms with E-state index in [0.717, 1.165) is 11.1 Å². The molecule has 0 spiro atoms. The first kappa shape index (κ1) is 25.1. The van der Waals surface area contributed by atoms with Crippen molar-refractivity contribution in [1.82, 2.24) is 16.0 Å². The van der Waals surface area contributed by atoms with Crippen LogP contribution in [-0.4, -0.2) is 36.1 Å². The van der Waals surface area contributed by atoms with Crippen LogP contribution in [0.5, 0.6) is 5.75 Å². The molecule has 190 valence electrons. The molecule has 1 aliphatic rings. The van der Waals surface area contributed by atoms with Crippen molar-refractivity contribution in [3.8, 4) is 5.75 Å². The smallest absolute Gasteiger partial charge is 0.407 e. The molecule has 4 rings (SSSR count). The molecule has 3 N–H and O–H groups in total. The van der Waals surface area contributed by atoms with Crippen molar-refractivity contribution in [2.45, 2.75) is 58.9 Å². The lowest BCUT2D eigenvalue weighted by molar-refractivity contribution is -0.120. The van der Waals surface area contributed by atoms with Gasteiger partial charge in [-0.05, 0) is 63.4 Å². The van der Waals surface area contributed by atoms with Gasteiger partial charge in [-0.2, -0.15) is 0 Å². The number of carbonyl (C=O) groups is 3. The van der Waals surface area contributed by atoms with Gasteiger partial charge in [-0.1, -0.05) is 24.3 Å². The summed E-state index contributed by atoms with van der Waals surface area (Å²) in [5.41, 5.74) is 2.24. The average Bonchev–Trinajstić information content (AvgIpc) is 3.36. The monoisotopic (exact) mass is 493 g/mol. The van der Waals surface area contributed by atoms with E-state index in [-0.39, 0.29) is 11.8 Å². The van der Waals surface area contributed by atoms with E-state index in [1.54, 1.807) is 25.1 Å². The summed E-state index contributed by atoms with van der Waals surface area (Å²) < 4.78 is 17.0. The van der Waals surface area contributed by atoms with Crippen LogP contribution in [-0.2, 0) is 22.7 Å². The fraction of sp³-hybridized carbons (Fsp3) is 0.370. The first-order valence-corrected chi connectivity index (χ1v) is 11.9. The zero-order valence-corrected chi connectivity index (χ0v) is 20.9. The number of hydrogen-bond donors (Lipinski definition) is 3. The highest BCUT2D eigenvalue weighted by molar-refractivity contribution is 6.08. The van der Waals surface area contributed by atoms with Gasteiger partial charge in [0.15, 0.2) is 0 Å². The summed E-state index contributed by atoms with van der Waals surface area (Å²) in [6, 6.07) is 12.5. The third-order valence-corrected chi connectivity index (χ3v) is 5.65. The van der Waals surface area contributed by atoms with E-state index < -0.39 is 17.7 Å². The summed E-state index contributed by atoms with van der Waals surface area (Å²) in [6.07, 6.45) is 0.0846. The Bertz CT molecular complexity index is 1290. The quantitative estimate of drug-likeness (QED) is 0.458. The fourth-order valence-electron chi connectivity index (χ4n) is 4.02. The Morgan fingerprint density at radius 1 is 1.14 bits per heavy atom. The second-order valence-corrected chi connectivity index (χ2v) is 9.76. The van der Waals surface area contributed by atoms with Crippen molar-refractivity contribution in [2.24, 2.45) is 0 Å². The molecule has 3 aromatic rings. The molecule has 9 heteroatoms. The molecule has 0 radical (unpaired) electrons. The van der Waals surface area contributed by atoms with Crippen LogP contribution in [0.2, 0.25) is 0 Å². The van der Waals surface area contributed by atoms with Crippen LogP contribution >= 0.6 is 0 Å². The van der Waals surface area contributed by atoms with Crippen LogP contribution < -0.4 is 20.7 Å². The molecular formula is C27H31N3O6. The zero-order chi connectivity index (χ0) is 25.9. The lowest BCUT2D eigenvalue weighted by Crippen LogP contribution is -2.40. The van der Waals surface area contributed by atoms with Gasteiger partial charge in [0, 0.05) is 18.5 Å². The van der Waals surface area contributed by atoms with E-state index in [2.05, 4.69) is 16.0 Å². The molecule has 0 saturated carbocycles. The number of alkyl carbamates (subject to hydrolysis) is 1. The van der Waals surface area contributed by atoms with E-state index in [0.29, 0.717) is 54.2 Å². The lowest BCUT2D eigenvalue weighted by Gasteiger charge is -2.19. The predicted octanol–water partition coefficient (Wildman–Crippen LogP) is 3.96. The number of amides is 3. The van der Waals surface area contributed by atoms with Gasteiger partial charge < -0.3 is 29.8 Å². The minimum atomic E-state index is -0.555. The molecule has 1 atom stereocenters. The molecule has 1 aliphatic heterocycles. The molecule has 0 aliphatic carbocycles. The summed E-state index contributed by atoms with van der Waals surface area (Å²) >= 11 is 0. The van der Waals surface area contributed by atoms with E-state index in [1.807, 2.05) is 45.0 Å². The highest BCUT2D eigenvalue weighted by atomic mass is 16.6. The van der Waals surface area contributed by atoms with Gasteiger partial charge in [0.2, 0.25) is 5.91 Å². The van der Waals surface area contributed by atoms with Crippen LogP contribution in [0, 0.1) is 6.92 Å². The highest BCUT2D eigenvalue weighted by Crippen LogP contribution is 2.29. The second-order valence-electron chi connectivity index (χ2n) is 9.76. The molecule has 1 aromatic heterocycles. The number of furan rings is 1. The summed E-state index contributed by atoms with van der Waals surface area (Å²) in [5.74, 6) is 0.522. The Hall–Kier alpha value is -4.01. The van der Waals surface area contributed by atoms with E-state index >= 15 is 0 Å².